The number of ketones is 1. The van der Waals surface area contributed by atoms with Crippen molar-refractivity contribution in [2.75, 3.05) is 26.6 Å². The molecule has 3 aromatic rings. The first-order valence-electron chi connectivity index (χ1n) is 8.64. The topological polar surface area (TPSA) is 99.9 Å². The third kappa shape index (κ3) is 4.06. The van der Waals surface area contributed by atoms with E-state index in [1.165, 1.54) is 40.7 Å². The maximum absolute atomic E-state index is 13.4. The summed E-state index contributed by atoms with van der Waals surface area (Å²) >= 11 is 0. The van der Waals surface area contributed by atoms with Gasteiger partial charge in [-0.2, -0.15) is 0 Å². The zero-order chi connectivity index (χ0) is 21.0. The molecule has 3 rings (SSSR count). The van der Waals surface area contributed by atoms with Gasteiger partial charge in [-0.1, -0.05) is 0 Å². The Morgan fingerprint density at radius 1 is 1.00 bits per heavy atom. The minimum Gasteiger partial charge on any atom is -0.493 e. The van der Waals surface area contributed by atoms with Crippen molar-refractivity contribution in [3.05, 3.63) is 53.9 Å². The molecule has 0 atom stereocenters. The normalized spacial score (nSPS) is 10.3. The molecule has 0 bridgehead atoms. The fourth-order valence-corrected chi connectivity index (χ4v) is 2.90. The monoisotopic (exact) mass is 396 g/mol. The second-order valence-corrected chi connectivity index (χ2v) is 6.02. The van der Waals surface area contributed by atoms with Gasteiger partial charge in [0.15, 0.2) is 17.3 Å². The van der Waals surface area contributed by atoms with Gasteiger partial charge in [-0.05, 0) is 30.3 Å². The molecule has 0 aliphatic rings. The van der Waals surface area contributed by atoms with Gasteiger partial charge in [-0.3, -0.25) is 9.59 Å². The first-order valence-corrected chi connectivity index (χ1v) is 8.64. The summed E-state index contributed by atoms with van der Waals surface area (Å²) in [5.41, 5.74) is 1.53. The molecule has 1 aromatic heterocycles. The van der Waals surface area contributed by atoms with Crippen molar-refractivity contribution in [1.82, 2.24) is 4.98 Å². The number of nitrogens with one attached hydrogen (secondary N) is 1. The number of aromatic nitrogens is 1. The highest BCUT2D eigenvalue weighted by Gasteiger charge is 2.21. The van der Waals surface area contributed by atoms with E-state index in [4.69, 9.17) is 18.6 Å². The number of oxazole rings is 1. The number of amides is 1. The van der Waals surface area contributed by atoms with Gasteiger partial charge in [-0.25, -0.2) is 4.98 Å². The van der Waals surface area contributed by atoms with E-state index in [1.807, 2.05) is 0 Å². The maximum Gasteiger partial charge on any atom is 0.225 e. The molecule has 29 heavy (non-hydrogen) atoms. The summed E-state index contributed by atoms with van der Waals surface area (Å²) in [5, 5.41) is 2.68. The second kappa shape index (κ2) is 8.47. The van der Waals surface area contributed by atoms with E-state index in [0.29, 0.717) is 40.0 Å². The van der Waals surface area contributed by atoms with Crippen LogP contribution in [0.1, 0.15) is 22.8 Å². The third-order valence-corrected chi connectivity index (χ3v) is 4.18. The van der Waals surface area contributed by atoms with Crippen LogP contribution in [0.4, 0.5) is 5.69 Å². The molecule has 8 nitrogen and oxygen atoms in total. The van der Waals surface area contributed by atoms with Crippen LogP contribution in [0.2, 0.25) is 0 Å². The van der Waals surface area contributed by atoms with E-state index in [-0.39, 0.29) is 17.3 Å². The Balaban J connectivity index is 2.14. The highest BCUT2D eigenvalue weighted by Crippen LogP contribution is 2.39. The predicted molar refractivity (Wildman–Crippen MR) is 106 cm³/mol. The molecular formula is C21H20N2O6. The molecule has 150 valence electrons. The van der Waals surface area contributed by atoms with Gasteiger partial charge in [0.1, 0.15) is 6.26 Å². The molecule has 0 saturated heterocycles. The number of hydrogen-bond donors (Lipinski definition) is 1. The number of carbonyl (C=O) groups excluding carboxylic acids is 2. The zero-order valence-electron chi connectivity index (χ0n) is 16.4. The Morgan fingerprint density at radius 3 is 2.21 bits per heavy atom. The average Bonchev–Trinajstić information content (AvgIpc) is 3.26. The number of anilines is 1. The summed E-state index contributed by atoms with van der Waals surface area (Å²) in [6, 6.07) is 8.07. The van der Waals surface area contributed by atoms with Gasteiger partial charge in [0.2, 0.25) is 17.5 Å². The van der Waals surface area contributed by atoms with E-state index < -0.39 is 0 Å². The van der Waals surface area contributed by atoms with E-state index in [0.717, 1.165) is 0 Å². The van der Waals surface area contributed by atoms with Crippen LogP contribution in [-0.4, -0.2) is 38.0 Å². The Morgan fingerprint density at radius 2 is 1.69 bits per heavy atom. The second-order valence-electron chi connectivity index (χ2n) is 6.02. The molecule has 0 spiro atoms. The number of ether oxygens (including phenoxy) is 3. The molecular weight excluding hydrogens is 376 g/mol. The summed E-state index contributed by atoms with van der Waals surface area (Å²) in [6.07, 6.45) is 2.95. The lowest BCUT2D eigenvalue weighted by atomic mass is 9.98. The molecule has 0 aliphatic carbocycles. The van der Waals surface area contributed by atoms with Crippen LogP contribution in [0.3, 0.4) is 0 Å². The minimum atomic E-state index is -0.346. The van der Waals surface area contributed by atoms with Gasteiger partial charge in [-0.15, -0.1) is 0 Å². The molecule has 0 aliphatic heterocycles. The molecule has 1 N–H and O–H groups in total. The number of carbonyl (C=O) groups is 2. The standard InChI is InChI=1S/C21H20N2O6/c1-12(24)23-16-6-5-13(21-22-7-8-29-21)9-15(16)19(25)14-10-17(26-2)20(28-4)18(11-14)27-3/h5-11H,1-4H3,(H,23,24). The molecule has 0 saturated carbocycles. The van der Waals surface area contributed by atoms with Gasteiger partial charge in [0.05, 0.1) is 33.2 Å². The minimum absolute atomic E-state index is 0.269. The van der Waals surface area contributed by atoms with Crippen LogP contribution in [-0.2, 0) is 4.79 Å². The predicted octanol–water partition coefficient (Wildman–Crippen LogP) is 3.56. The largest absolute Gasteiger partial charge is 0.493 e. The average molecular weight is 396 g/mol. The van der Waals surface area contributed by atoms with E-state index >= 15 is 0 Å². The summed E-state index contributed by atoms with van der Waals surface area (Å²) in [6.45, 7) is 1.37. The highest BCUT2D eigenvalue weighted by atomic mass is 16.5. The summed E-state index contributed by atoms with van der Waals surface area (Å²) in [5.74, 6) is 0.787. The molecule has 0 fully saturated rings. The lowest BCUT2D eigenvalue weighted by Gasteiger charge is -2.15. The van der Waals surface area contributed by atoms with Gasteiger partial charge in [0.25, 0.3) is 0 Å². The van der Waals surface area contributed by atoms with E-state index in [1.54, 1.807) is 30.3 Å². The Labute approximate surface area is 167 Å². The van der Waals surface area contributed by atoms with Crippen molar-refractivity contribution in [3.8, 4) is 28.7 Å². The summed E-state index contributed by atoms with van der Waals surface area (Å²) in [7, 11) is 4.42. The summed E-state index contributed by atoms with van der Waals surface area (Å²) in [4.78, 5) is 29.1. The van der Waals surface area contributed by atoms with Crippen LogP contribution in [0.25, 0.3) is 11.5 Å². The van der Waals surface area contributed by atoms with Crippen molar-refractivity contribution in [3.63, 3.8) is 0 Å². The van der Waals surface area contributed by atoms with Crippen LogP contribution in [0, 0.1) is 0 Å². The number of nitrogens with zero attached hydrogens (tertiary/aromatic N) is 1. The fourth-order valence-electron chi connectivity index (χ4n) is 2.90. The Bertz CT molecular complexity index is 1020. The summed E-state index contributed by atoms with van der Waals surface area (Å²) < 4.78 is 21.3. The maximum atomic E-state index is 13.4. The van der Waals surface area contributed by atoms with Crippen LogP contribution < -0.4 is 19.5 Å². The smallest absolute Gasteiger partial charge is 0.225 e. The number of benzene rings is 2. The molecule has 0 unspecified atom stereocenters. The lowest BCUT2D eigenvalue weighted by Crippen LogP contribution is -2.12. The van der Waals surface area contributed by atoms with E-state index in [9.17, 15) is 9.59 Å². The third-order valence-electron chi connectivity index (χ3n) is 4.18. The SMILES string of the molecule is COc1cc(C(=O)c2cc(-c3ncco3)ccc2NC(C)=O)cc(OC)c1OC. The molecule has 2 aromatic carbocycles. The molecule has 0 radical (unpaired) electrons. The van der Waals surface area contributed by atoms with E-state index in [2.05, 4.69) is 10.3 Å². The van der Waals surface area contributed by atoms with Crippen molar-refractivity contribution in [2.24, 2.45) is 0 Å². The number of methoxy groups -OCH3 is 3. The van der Waals surface area contributed by atoms with Gasteiger partial charge >= 0.3 is 0 Å². The molecule has 1 amide bonds. The quantitative estimate of drug-likeness (QED) is 0.610. The first-order chi connectivity index (χ1) is 14.0. The van der Waals surface area contributed by atoms with Crippen LogP contribution >= 0.6 is 0 Å². The van der Waals surface area contributed by atoms with Crippen molar-refractivity contribution in [1.29, 1.82) is 0 Å². The Hall–Kier alpha value is -3.81. The van der Waals surface area contributed by atoms with Crippen LogP contribution in [0.15, 0.2) is 47.2 Å². The zero-order valence-corrected chi connectivity index (χ0v) is 16.4. The lowest BCUT2D eigenvalue weighted by molar-refractivity contribution is -0.114. The van der Waals surface area contributed by atoms with Crippen molar-refractivity contribution >= 4 is 17.4 Å². The molecule has 1 heterocycles. The molecule has 8 heteroatoms. The fraction of sp³-hybridized carbons (Fsp3) is 0.190. The Kier molecular flexibility index (Phi) is 5.82. The highest BCUT2D eigenvalue weighted by molar-refractivity contribution is 6.14. The van der Waals surface area contributed by atoms with Gasteiger partial charge < -0.3 is 23.9 Å². The van der Waals surface area contributed by atoms with Crippen LogP contribution in [0.5, 0.6) is 17.2 Å². The number of hydrogen-bond acceptors (Lipinski definition) is 7. The number of rotatable bonds is 7. The van der Waals surface area contributed by atoms with Crippen molar-refractivity contribution < 1.29 is 28.2 Å². The first kappa shape index (κ1) is 19.9. The van der Waals surface area contributed by atoms with Crippen molar-refractivity contribution in [2.45, 2.75) is 6.92 Å². The van der Waals surface area contributed by atoms with Gasteiger partial charge in [0, 0.05) is 23.6 Å².